The Bertz CT molecular complexity index is 447. The third-order valence-corrected chi connectivity index (χ3v) is 3.88. The normalized spacial score (nSPS) is 36.0. The summed E-state index contributed by atoms with van der Waals surface area (Å²) in [6.45, 7) is 4.37. The van der Waals surface area contributed by atoms with Crippen molar-refractivity contribution in [3.63, 3.8) is 0 Å². The van der Waals surface area contributed by atoms with Crippen LogP contribution in [0.25, 0.3) is 0 Å². The van der Waals surface area contributed by atoms with Gasteiger partial charge in [-0.15, -0.1) is 6.58 Å². The van der Waals surface area contributed by atoms with Crippen LogP contribution in [0.15, 0.2) is 43.0 Å². The molecule has 0 amide bonds. The number of hydrogen-bond acceptors (Lipinski definition) is 4. The number of fused-ring (bicyclic) bond motifs is 2. The van der Waals surface area contributed by atoms with E-state index in [1.54, 1.807) is 13.2 Å². The van der Waals surface area contributed by atoms with E-state index in [0.29, 0.717) is 6.61 Å². The van der Waals surface area contributed by atoms with Crippen molar-refractivity contribution in [2.45, 2.75) is 43.7 Å². The van der Waals surface area contributed by atoms with Gasteiger partial charge >= 0.3 is 0 Å². The molecule has 0 unspecified atom stereocenters. The van der Waals surface area contributed by atoms with Crippen LogP contribution >= 0.6 is 0 Å². The second kappa shape index (κ2) is 6.06. The van der Waals surface area contributed by atoms with E-state index >= 15 is 0 Å². The highest BCUT2D eigenvalue weighted by atomic mass is 16.8. The molecular weight excluding hydrogens is 256 g/mol. The van der Waals surface area contributed by atoms with Crippen molar-refractivity contribution in [2.75, 3.05) is 7.11 Å². The zero-order chi connectivity index (χ0) is 13.9. The molecule has 0 radical (unpaired) electrons. The van der Waals surface area contributed by atoms with E-state index in [9.17, 15) is 0 Å². The minimum atomic E-state index is -0.301. The fourth-order valence-corrected chi connectivity index (χ4v) is 2.78. The second-order valence-corrected chi connectivity index (χ2v) is 5.15. The van der Waals surface area contributed by atoms with Crippen LogP contribution in [0.3, 0.4) is 0 Å². The summed E-state index contributed by atoms with van der Waals surface area (Å²) in [6, 6.07) is 10.1. The number of ether oxygens (including phenoxy) is 4. The van der Waals surface area contributed by atoms with Crippen molar-refractivity contribution in [3.05, 3.63) is 48.6 Å². The van der Waals surface area contributed by atoms with E-state index < -0.39 is 0 Å². The zero-order valence-electron chi connectivity index (χ0n) is 11.6. The molecule has 2 aliphatic rings. The lowest BCUT2D eigenvalue weighted by Gasteiger charge is -2.33. The quantitative estimate of drug-likeness (QED) is 0.773. The first-order valence-corrected chi connectivity index (χ1v) is 6.93. The average Bonchev–Trinajstić information content (AvgIpc) is 2.87. The Morgan fingerprint density at radius 3 is 2.75 bits per heavy atom. The molecular formula is C16H20O4. The molecule has 1 aromatic carbocycles. The van der Waals surface area contributed by atoms with Gasteiger partial charge < -0.3 is 18.9 Å². The standard InChI is InChI=1S/C16H20O4/c1-3-12-15-13(9-14(17-2)16(19-12)20-15)18-10-11-7-5-4-6-8-11/h3-8,12-16H,1,9-10H2,2H3/t12-,13-,14+,15-,16-/m0/s1. The van der Waals surface area contributed by atoms with Crippen LogP contribution in [-0.2, 0) is 25.6 Å². The number of benzene rings is 1. The summed E-state index contributed by atoms with van der Waals surface area (Å²) in [5, 5.41) is 0. The minimum absolute atomic E-state index is 0.0399. The van der Waals surface area contributed by atoms with Crippen LogP contribution in [0.4, 0.5) is 0 Å². The Balaban J connectivity index is 1.66. The van der Waals surface area contributed by atoms with E-state index in [4.69, 9.17) is 18.9 Å². The highest BCUT2D eigenvalue weighted by molar-refractivity contribution is 5.13. The van der Waals surface area contributed by atoms with E-state index in [1.807, 2.05) is 18.2 Å². The largest absolute Gasteiger partial charge is 0.376 e. The van der Waals surface area contributed by atoms with Gasteiger partial charge in [-0.3, -0.25) is 0 Å². The summed E-state index contributed by atoms with van der Waals surface area (Å²) in [5.74, 6) is 0. The number of hydrogen-bond donors (Lipinski definition) is 0. The van der Waals surface area contributed by atoms with Gasteiger partial charge in [0.2, 0.25) is 0 Å². The van der Waals surface area contributed by atoms with E-state index in [0.717, 1.165) is 12.0 Å². The Morgan fingerprint density at radius 1 is 1.25 bits per heavy atom. The Labute approximate surface area is 119 Å². The SMILES string of the molecule is C=C[C@@H]1O[C@H]2O[C@@H]1[C@@H](OCc1ccccc1)C[C@H]2OC. The lowest BCUT2D eigenvalue weighted by molar-refractivity contribution is -0.201. The van der Waals surface area contributed by atoms with Gasteiger partial charge in [-0.05, 0) is 5.56 Å². The molecule has 0 aliphatic carbocycles. The highest BCUT2D eigenvalue weighted by Crippen LogP contribution is 2.35. The molecule has 2 fully saturated rings. The monoisotopic (exact) mass is 276 g/mol. The molecule has 0 saturated carbocycles. The highest BCUT2D eigenvalue weighted by Gasteiger charge is 2.49. The third kappa shape index (κ3) is 2.65. The molecule has 5 atom stereocenters. The molecule has 3 rings (SSSR count). The topological polar surface area (TPSA) is 36.9 Å². The maximum Gasteiger partial charge on any atom is 0.185 e. The Hall–Kier alpha value is -1.20. The lowest BCUT2D eigenvalue weighted by atomic mass is 10.0. The zero-order valence-corrected chi connectivity index (χ0v) is 11.6. The summed E-state index contributed by atoms with van der Waals surface area (Å²) in [6.07, 6.45) is 1.92. The second-order valence-electron chi connectivity index (χ2n) is 5.15. The summed E-state index contributed by atoms with van der Waals surface area (Å²) in [5.41, 5.74) is 1.15. The van der Waals surface area contributed by atoms with Gasteiger partial charge in [0.05, 0.1) is 12.7 Å². The molecule has 4 heteroatoms. The van der Waals surface area contributed by atoms with Crippen LogP contribution in [0.5, 0.6) is 0 Å². The maximum absolute atomic E-state index is 6.03. The Kier molecular flexibility index (Phi) is 4.17. The predicted molar refractivity (Wildman–Crippen MR) is 74.2 cm³/mol. The number of rotatable bonds is 5. The van der Waals surface area contributed by atoms with Gasteiger partial charge in [0.15, 0.2) is 6.29 Å². The first-order valence-electron chi connectivity index (χ1n) is 6.93. The average molecular weight is 276 g/mol. The van der Waals surface area contributed by atoms with Crippen LogP contribution < -0.4 is 0 Å². The summed E-state index contributed by atoms with van der Waals surface area (Å²) < 4.78 is 23.1. The Morgan fingerprint density at radius 2 is 2.05 bits per heavy atom. The molecule has 2 bridgehead atoms. The van der Waals surface area contributed by atoms with E-state index in [1.165, 1.54) is 0 Å². The minimum Gasteiger partial charge on any atom is -0.376 e. The molecule has 0 N–H and O–H groups in total. The van der Waals surface area contributed by atoms with Crippen molar-refractivity contribution < 1.29 is 18.9 Å². The summed E-state index contributed by atoms with van der Waals surface area (Å²) in [7, 11) is 1.67. The molecule has 2 saturated heterocycles. The van der Waals surface area contributed by atoms with Crippen LogP contribution in [0.2, 0.25) is 0 Å². The molecule has 0 aromatic heterocycles. The van der Waals surface area contributed by atoms with Gasteiger partial charge in [-0.25, -0.2) is 0 Å². The van der Waals surface area contributed by atoms with Gasteiger partial charge in [0.1, 0.15) is 18.3 Å². The molecule has 2 heterocycles. The summed E-state index contributed by atoms with van der Waals surface area (Å²) >= 11 is 0. The van der Waals surface area contributed by atoms with Crippen molar-refractivity contribution >= 4 is 0 Å². The molecule has 108 valence electrons. The fraction of sp³-hybridized carbons (Fsp3) is 0.500. The van der Waals surface area contributed by atoms with Gasteiger partial charge in [-0.2, -0.15) is 0 Å². The van der Waals surface area contributed by atoms with Gasteiger partial charge in [0, 0.05) is 13.5 Å². The van der Waals surface area contributed by atoms with Gasteiger partial charge in [-0.1, -0.05) is 36.4 Å². The number of methoxy groups -OCH3 is 1. The first kappa shape index (κ1) is 13.8. The van der Waals surface area contributed by atoms with Crippen LogP contribution in [-0.4, -0.2) is 37.8 Å². The molecule has 1 aromatic rings. The summed E-state index contributed by atoms with van der Waals surface area (Å²) in [4.78, 5) is 0. The fourth-order valence-electron chi connectivity index (χ4n) is 2.78. The van der Waals surface area contributed by atoms with E-state index in [2.05, 4.69) is 18.7 Å². The van der Waals surface area contributed by atoms with Crippen molar-refractivity contribution in [1.82, 2.24) is 0 Å². The predicted octanol–water partition coefficient (Wildman–Crippen LogP) is 2.29. The smallest absolute Gasteiger partial charge is 0.185 e. The van der Waals surface area contributed by atoms with Crippen LogP contribution in [0.1, 0.15) is 12.0 Å². The molecule has 0 spiro atoms. The lowest BCUT2D eigenvalue weighted by Crippen LogP contribution is -2.45. The maximum atomic E-state index is 6.03. The first-order chi connectivity index (χ1) is 9.81. The van der Waals surface area contributed by atoms with E-state index in [-0.39, 0.29) is 30.7 Å². The van der Waals surface area contributed by atoms with Crippen molar-refractivity contribution in [1.29, 1.82) is 0 Å². The molecule has 2 aliphatic heterocycles. The van der Waals surface area contributed by atoms with Gasteiger partial charge in [0.25, 0.3) is 0 Å². The van der Waals surface area contributed by atoms with Crippen molar-refractivity contribution in [3.8, 4) is 0 Å². The third-order valence-electron chi connectivity index (χ3n) is 3.88. The molecule has 4 nitrogen and oxygen atoms in total. The molecule has 20 heavy (non-hydrogen) atoms. The van der Waals surface area contributed by atoms with Crippen LogP contribution in [0, 0.1) is 0 Å². The van der Waals surface area contributed by atoms with Crippen molar-refractivity contribution in [2.24, 2.45) is 0 Å².